The second-order valence-electron chi connectivity index (χ2n) is 22.3. The molecule has 86 heavy (non-hydrogen) atoms. The van der Waals surface area contributed by atoms with E-state index in [0.717, 1.165) is 111 Å². The molecule has 0 unspecified atom stereocenters. The fraction of sp³-hybridized carbons (Fsp3) is 0. The number of aromatic nitrogens is 4. The lowest BCUT2D eigenvalue weighted by atomic mass is 9.98. The molecule has 0 aliphatic carbocycles. The van der Waals surface area contributed by atoms with Gasteiger partial charge in [0.25, 0.3) is 0 Å². The third kappa shape index (κ3) is 7.58. The minimum atomic E-state index is 0.624. The fourth-order valence-corrected chi connectivity index (χ4v) is 13.7. The van der Waals surface area contributed by atoms with Crippen LogP contribution in [-0.2, 0) is 0 Å². The highest BCUT2D eigenvalue weighted by atomic mass is 15.0. The highest BCUT2D eigenvalue weighted by Gasteiger charge is 2.22. The van der Waals surface area contributed by atoms with E-state index in [1.54, 1.807) is 0 Å². The maximum Gasteiger partial charge on any atom is 0.0991 e. The van der Waals surface area contributed by atoms with E-state index in [1.807, 2.05) is 30.3 Å². The van der Waals surface area contributed by atoms with Crippen molar-refractivity contribution < 1.29 is 0 Å². The van der Waals surface area contributed by atoms with Gasteiger partial charge in [0.2, 0.25) is 0 Å². The van der Waals surface area contributed by atoms with Crippen molar-refractivity contribution in [1.29, 1.82) is 10.5 Å². The third-order valence-corrected chi connectivity index (χ3v) is 17.6. The molecule has 398 valence electrons. The average molecular weight is 1090 g/mol. The molecule has 0 saturated heterocycles. The Balaban J connectivity index is 0.815. The molecule has 0 fully saturated rings. The third-order valence-electron chi connectivity index (χ3n) is 17.6. The van der Waals surface area contributed by atoms with E-state index < -0.39 is 0 Å². The molecule has 6 nitrogen and oxygen atoms in total. The van der Waals surface area contributed by atoms with Gasteiger partial charge in [-0.05, 0) is 172 Å². The Bertz CT molecular complexity index is 5710. The van der Waals surface area contributed by atoms with Gasteiger partial charge >= 0.3 is 0 Å². The predicted octanol–water partition coefficient (Wildman–Crippen LogP) is 20.5. The predicted molar refractivity (Wildman–Crippen MR) is 355 cm³/mol. The van der Waals surface area contributed by atoms with Crippen LogP contribution < -0.4 is 0 Å². The van der Waals surface area contributed by atoms with Crippen LogP contribution in [0.15, 0.2) is 291 Å². The molecular weight excluding hydrogens is 1040 g/mol. The van der Waals surface area contributed by atoms with Crippen LogP contribution in [0.5, 0.6) is 0 Å². The van der Waals surface area contributed by atoms with Crippen molar-refractivity contribution >= 4 is 87.2 Å². The highest BCUT2D eigenvalue weighted by molar-refractivity contribution is 6.18. The Morgan fingerprint density at radius 2 is 0.593 bits per heavy atom. The maximum atomic E-state index is 9.87. The fourth-order valence-electron chi connectivity index (χ4n) is 13.7. The first-order valence-corrected chi connectivity index (χ1v) is 29.0. The zero-order valence-corrected chi connectivity index (χ0v) is 46.4. The van der Waals surface area contributed by atoms with Gasteiger partial charge in [0, 0.05) is 71.4 Å². The molecule has 0 atom stereocenters. The van der Waals surface area contributed by atoms with Crippen LogP contribution in [-0.4, -0.2) is 18.3 Å². The van der Waals surface area contributed by atoms with Crippen molar-refractivity contribution in [3.8, 4) is 79.4 Å². The molecule has 0 bridgehead atoms. The minimum Gasteiger partial charge on any atom is -0.309 e. The monoisotopic (exact) mass is 1090 g/mol. The standard InChI is InChI=1S/C80H48N6/c81-49-51-25-34-62(35-26-51)85-76-42-33-59(46-71(76)68-39-30-58(48-79(68)85)55-31-40-75-70(44-55)66-20-8-10-24-74(66)83(75)60-15-3-1-4-16-60)64-21-12-22-69-72-45-56(32-41-77(72)86(80(64)69)61-17-5-2-6-18-61)57-29-38-67-65-19-7-9-23-73(65)84(78(67)47-57)63-36-27-53(28-37-63)54-14-11-13-52(43-54)50-82/h1-48H. The van der Waals surface area contributed by atoms with E-state index in [4.69, 9.17) is 0 Å². The SMILES string of the molecule is N#Cc1ccc(-n2c3ccc(-c4cccc5c6cc(-c7ccc8c9ccccc9n(-c9ccc(-c%10cccc(C#N)c%10)cc9)c8c7)ccc6n(-c6ccccc6)c45)cc3c3ccc(-c4ccc5c(c4)c4ccccc4n5-c4ccccc4)cc32)cc1. The topological polar surface area (TPSA) is 67.3 Å². The van der Waals surface area contributed by atoms with Crippen LogP contribution in [0.3, 0.4) is 0 Å². The van der Waals surface area contributed by atoms with Crippen LogP contribution in [0.25, 0.3) is 154 Å². The Morgan fingerprint density at radius 3 is 1.20 bits per heavy atom. The molecule has 0 aliphatic rings. The second kappa shape index (κ2) is 19.3. The normalized spacial score (nSPS) is 11.7. The molecule has 4 heterocycles. The van der Waals surface area contributed by atoms with Crippen molar-refractivity contribution in [2.75, 3.05) is 0 Å². The van der Waals surface area contributed by atoms with Crippen LogP contribution in [0.1, 0.15) is 11.1 Å². The second-order valence-corrected chi connectivity index (χ2v) is 22.3. The lowest BCUT2D eigenvalue weighted by molar-refractivity contribution is 1.18. The molecule has 0 spiro atoms. The Labute approximate surface area is 495 Å². The van der Waals surface area contributed by atoms with E-state index in [0.29, 0.717) is 11.1 Å². The zero-order chi connectivity index (χ0) is 57.0. The summed E-state index contributed by atoms with van der Waals surface area (Å²) >= 11 is 0. The van der Waals surface area contributed by atoms with Gasteiger partial charge in [0.1, 0.15) is 0 Å². The summed E-state index contributed by atoms with van der Waals surface area (Å²) in [5, 5.41) is 28.9. The highest BCUT2D eigenvalue weighted by Crippen LogP contribution is 2.44. The molecule has 0 N–H and O–H groups in total. The van der Waals surface area contributed by atoms with Gasteiger partial charge in [-0.1, -0.05) is 158 Å². The van der Waals surface area contributed by atoms with Crippen LogP contribution in [0.2, 0.25) is 0 Å². The number of rotatable bonds is 8. The number of nitrogens with zero attached hydrogens (tertiary/aromatic N) is 6. The van der Waals surface area contributed by atoms with Gasteiger partial charge in [-0.2, -0.15) is 10.5 Å². The van der Waals surface area contributed by atoms with Crippen molar-refractivity contribution in [3.05, 3.63) is 302 Å². The van der Waals surface area contributed by atoms with E-state index in [1.165, 1.54) is 43.4 Å². The molecule has 6 heteroatoms. The lowest BCUT2D eigenvalue weighted by Crippen LogP contribution is -1.96. The molecule has 17 aromatic rings. The first kappa shape index (κ1) is 48.7. The average Bonchev–Trinajstić information content (AvgIpc) is 2.02. The van der Waals surface area contributed by atoms with Crippen molar-refractivity contribution in [1.82, 2.24) is 18.3 Å². The summed E-state index contributed by atoms with van der Waals surface area (Å²) in [7, 11) is 0. The molecule has 0 saturated carbocycles. The summed E-state index contributed by atoms with van der Waals surface area (Å²) in [6.45, 7) is 0. The molecule has 0 aliphatic heterocycles. The van der Waals surface area contributed by atoms with Crippen LogP contribution in [0.4, 0.5) is 0 Å². The summed E-state index contributed by atoms with van der Waals surface area (Å²) in [6, 6.07) is 109. The van der Waals surface area contributed by atoms with Crippen molar-refractivity contribution in [3.63, 3.8) is 0 Å². The number of fused-ring (bicyclic) bond motifs is 12. The van der Waals surface area contributed by atoms with E-state index >= 15 is 0 Å². The first-order valence-electron chi connectivity index (χ1n) is 29.0. The minimum absolute atomic E-state index is 0.624. The molecule has 13 aromatic carbocycles. The summed E-state index contributed by atoms with van der Waals surface area (Å²) in [5.74, 6) is 0. The van der Waals surface area contributed by atoms with Crippen LogP contribution in [0, 0.1) is 22.7 Å². The van der Waals surface area contributed by atoms with E-state index in [2.05, 4.69) is 291 Å². The Hall–Kier alpha value is -12.0. The Morgan fingerprint density at radius 1 is 0.209 bits per heavy atom. The van der Waals surface area contributed by atoms with Gasteiger partial charge in [-0.3, -0.25) is 0 Å². The van der Waals surface area contributed by atoms with E-state index in [9.17, 15) is 10.5 Å². The summed E-state index contributed by atoms with van der Waals surface area (Å²) < 4.78 is 9.53. The zero-order valence-electron chi connectivity index (χ0n) is 46.4. The number of benzene rings is 13. The van der Waals surface area contributed by atoms with E-state index in [-0.39, 0.29) is 0 Å². The van der Waals surface area contributed by atoms with Crippen molar-refractivity contribution in [2.24, 2.45) is 0 Å². The number of hydrogen-bond acceptors (Lipinski definition) is 2. The summed E-state index contributed by atoms with van der Waals surface area (Å²) in [5.41, 5.74) is 23.5. The van der Waals surface area contributed by atoms with Gasteiger partial charge in [-0.25, -0.2) is 0 Å². The van der Waals surface area contributed by atoms with Gasteiger partial charge in [-0.15, -0.1) is 0 Å². The van der Waals surface area contributed by atoms with Crippen molar-refractivity contribution in [2.45, 2.75) is 0 Å². The van der Waals surface area contributed by atoms with Gasteiger partial charge in [0.15, 0.2) is 0 Å². The summed E-state index contributed by atoms with van der Waals surface area (Å²) in [6.07, 6.45) is 0. The molecule has 0 radical (unpaired) electrons. The number of nitriles is 2. The smallest absolute Gasteiger partial charge is 0.0991 e. The molecular formula is C80H48N6. The number of hydrogen-bond donors (Lipinski definition) is 0. The molecule has 17 rings (SSSR count). The summed E-state index contributed by atoms with van der Waals surface area (Å²) in [4.78, 5) is 0. The van der Waals surface area contributed by atoms with Gasteiger partial charge in [0.05, 0.1) is 67.4 Å². The molecule has 4 aromatic heterocycles. The van der Waals surface area contributed by atoms with Gasteiger partial charge < -0.3 is 18.3 Å². The first-order chi connectivity index (χ1) is 42.5. The number of para-hydroxylation sites is 5. The quantitative estimate of drug-likeness (QED) is 0.152. The Kier molecular flexibility index (Phi) is 11.0. The van der Waals surface area contributed by atoms with Crippen LogP contribution >= 0.6 is 0 Å². The molecule has 0 amide bonds. The lowest BCUT2D eigenvalue weighted by Gasteiger charge is -2.12. The largest absolute Gasteiger partial charge is 0.309 e. The maximum absolute atomic E-state index is 9.87.